The molecule has 0 spiro atoms. The Bertz CT molecular complexity index is 317. The van der Waals surface area contributed by atoms with Gasteiger partial charge in [0.05, 0.1) is 6.04 Å². The highest BCUT2D eigenvalue weighted by atomic mass is 16.1. The molecule has 2 saturated heterocycles. The molecule has 0 aromatic rings. The summed E-state index contributed by atoms with van der Waals surface area (Å²) in [6.07, 6.45) is 3.21. The van der Waals surface area contributed by atoms with Crippen molar-refractivity contribution in [3.8, 4) is 0 Å². The SMILES string of the molecule is CCC(=O)C(C)N1CCC2NC(=O)CCC2C1. The van der Waals surface area contributed by atoms with Gasteiger partial charge in [0.25, 0.3) is 0 Å². The van der Waals surface area contributed by atoms with Gasteiger partial charge in [-0.05, 0) is 25.7 Å². The number of Topliss-reactive ketones (excluding diaryl/α,β-unsaturated/α-hetero) is 1. The number of piperidine rings is 2. The van der Waals surface area contributed by atoms with E-state index in [2.05, 4.69) is 10.2 Å². The van der Waals surface area contributed by atoms with Crippen LogP contribution in [0.15, 0.2) is 0 Å². The van der Waals surface area contributed by atoms with Gasteiger partial charge in [0, 0.05) is 32.0 Å². The molecule has 3 atom stereocenters. The van der Waals surface area contributed by atoms with Crippen molar-refractivity contribution in [2.24, 2.45) is 5.92 Å². The van der Waals surface area contributed by atoms with Crippen LogP contribution in [0.3, 0.4) is 0 Å². The standard InChI is InChI=1S/C13H22N2O2/c1-3-12(16)9(2)15-7-6-11-10(8-15)4-5-13(17)14-11/h9-11H,3-8H2,1-2H3,(H,14,17). The molecular weight excluding hydrogens is 216 g/mol. The first-order valence-corrected chi connectivity index (χ1v) is 6.68. The summed E-state index contributed by atoms with van der Waals surface area (Å²) in [6, 6.07) is 0.384. The van der Waals surface area contributed by atoms with E-state index < -0.39 is 0 Å². The number of hydrogen-bond donors (Lipinski definition) is 1. The summed E-state index contributed by atoms with van der Waals surface area (Å²) in [5.74, 6) is 1.05. The van der Waals surface area contributed by atoms with Crippen molar-refractivity contribution in [2.45, 2.75) is 51.6 Å². The fraction of sp³-hybridized carbons (Fsp3) is 0.846. The molecular formula is C13H22N2O2. The lowest BCUT2D eigenvalue weighted by Crippen LogP contribution is -2.56. The van der Waals surface area contributed by atoms with E-state index in [4.69, 9.17) is 0 Å². The van der Waals surface area contributed by atoms with Crippen LogP contribution in [0.2, 0.25) is 0 Å². The van der Waals surface area contributed by atoms with Gasteiger partial charge in [-0.15, -0.1) is 0 Å². The van der Waals surface area contributed by atoms with E-state index in [0.29, 0.717) is 30.6 Å². The molecule has 4 nitrogen and oxygen atoms in total. The molecule has 0 aromatic heterocycles. The van der Waals surface area contributed by atoms with Gasteiger partial charge < -0.3 is 5.32 Å². The second-order valence-electron chi connectivity index (χ2n) is 5.25. The smallest absolute Gasteiger partial charge is 0.220 e. The van der Waals surface area contributed by atoms with Gasteiger partial charge in [-0.1, -0.05) is 6.92 Å². The first-order chi connectivity index (χ1) is 8.11. The summed E-state index contributed by atoms with van der Waals surface area (Å²) in [5, 5.41) is 3.07. The molecule has 2 heterocycles. The van der Waals surface area contributed by atoms with Crippen LogP contribution in [-0.2, 0) is 9.59 Å². The Labute approximate surface area is 103 Å². The van der Waals surface area contributed by atoms with E-state index >= 15 is 0 Å². The molecule has 1 amide bonds. The highest BCUT2D eigenvalue weighted by Gasteiger charge is 2.35. The van der Waals surface area contributed by atoms with Crippen LogP contribution < -0.4 is 5.32 Å². The maximum atomic E-state index is 11.7. The van der Waals surface area contributed by atoms with Gasteiger partial charge in [0.2, 0.25) is 5.91 Å². The van der Waals surface area contributed by atoms with Crippen LogP contribution in [0, 0.1) is 5.92 Å². The highest BCUT2D eigenvalue weighted by Crippen LogP contribution is 2.26. The van der Waals surface area contributed by atoms with Crippen LogP contribution in [0.25, 0.3) is 0 Å². The zero-order valence-corrected chi connectivity index (χ0v) is 10.7. The van der Waals surface area contributed by atoms with Gasteiger partial charge in [-0.25, -0.2) is 0 Å². The van der Waals surface area contributed by atoms with Crippen molar-refractivity contribution >= 4 is 11.7 Å². The maximum absolute atomic E-state index is 11.7. The van der Waals surface area contributed by atoms with Gasteiger partial charge in [-0.3, -0.25) is 14.5 Å². The van der Waals surface area contributed by atoms with Crippen molar-refractivity contribution in [3.05, 3.63) is 0 Å². The molecule has 2 fully saturated rings. The molecule has 0 bridgehead atoms. The Morgan fingerprint density at radius 1 is 1.53 bits per heavy atom. The van der Waals surface area contributed by atoms with Crippen molar-refractivity contribution in [3.63, 3.8) is 0 Å². The van der Waals surface area contributed by atoms with E-state index in [9.17, 15) is 9.59 Å². The molecule has 0 radical (unpaired) electrons. The van der Waals surface area contributed by atoms with Crippen molar-refractivity contribution in [2.75, 3.05) is 13.1 Å². The molecule has 1 N–H and O–H groups in total. The van der Waals surface area contributed by atoms with E-state index in [1.54, 1.807) is 0 Å². The number of nitrogens with one attached hydrogen (secondary N) is 1. The Hall–Kier alpha value is -0.900. The van der Waals surface area contributed by atoms with Gasteiger partial charge in [-0.2, -0.15) is 0 Å². The average molecular weight is 238 g/mol. The third-order valence-electron chi connectivity index (χ3n) is 4.22. The van der Waals surface area contributed by atoms with Crippen molar-refractivity contribution in [1.82, 2.24) is 10.2 Å². The zero-order chi connectivity index (χ0) is 12.4. The number of carbonyl (C=O) groups excluding carboxylic acids is 2. The molecule has 96 valence electrons. The maximum Gasteiger partial charge on any atom is 0.220 e. The fourth-order valence-corrected chi connectivity index (χ4v) is 2.99. The number of carbonyl (C=O) groups is 2. The Balaban J connectivity index is 1.94. The van der Waals surface area contributed by atoms with Crippen molar-refractivity contribution in [1.29, 1.82) is 0 Å². The Kier molecular flexibility index (Phi) is 3.82. The van der Waals surface area contributed by atoms with Crippen LogP contribution in [0.1, 0.15) is 39.5 Å². The van der Waals surface area contributed by atoms with Crippen LogP contribution in [0.5, 0.6) is 0 Å². The van der Waals surface area contributed by atoms with Gasteiger partial charge in [0.15, 0.2) is 0 Å². The third kappa shape index (κ3) is 2.68. The molecule has 0 aromatic carbocycles. The number of hydrogen-bond acceptors (Lipinski definition) is 3. The van der Waals surface area contributed by atoms with E-state index in [-0.39, 0.29) is 11.9 Å². The van der Waals surface area contributed by atoms with Crippen LogP contribution in [0.4, 0.5) is 0 Å². The largest absolute Gasteiger partial charge is 0.353 e. The Morgan fingerprint density at radius 2 is 2.29 bits per heavy atom. The van der Waals surface area contributed by atoms with Crippen molar-refractivity contribution < 1.29 is 9.59 Å². The number of likely N-dealkylation sites (tertiary alicyclic amines) is 1. The van der Waals surface area contributed by atoms with E-state index in [1.807, 2.05) is 13.8 Å². The number of nitrogens with zero attached hydrogens (tertiary/aromatic N) is 1. The summed E-state index contributed by atoms with van der Waals surface area (Å²) in [4.78, 5) is 25.3. The predicted octanol–water partition coefficient (Wildman–Crippen LogP) is 0.954. The fourth-order valence-electron chi connectivity index (χ4n) is 2.99. The monoisotopic (exact) mass is 238 g/mol. The summed E-state index contributed by atoms with van der Waals surface area (Å²) < 4.78 is 0. The second-order valence-corrected chi connectivity index (χ2v) is 5.25. The summed E-state index contributed by atoms with van der Waals surface area (Å²) in [5.41, 5.74) is 0. The quantitative estimate of drug-likeness (QED) is 0.796. The molecule has 0 saturated carbocycles. The second kappa shape index (κ2) is 5.17. The number of fused-ring (bicyclic) bond motifs is 1. The molecule has 2 rings (SSSR count). The Morgan fingerprint density at radius 3 is 3.00 bits per heavy atom. The van der Waals surface area contributed by atoms with Crippen LogP contribution >= 0.6 is 0 Å². The van der Waals surface area contributed by atoms with Crippen LogP contribution in [-0.4, -0.2) is 41.8 Å². The lowest BCUT2D eigenvalue weighted by Gasteiger charge is -2.43. The first kappa shape index (κ1) is 12.6. The predicted molar refractivity (Wildman–Crippen MR) is 65.6 cm³/mol. The lowest BCUT2D eigenvalue weighted by atomic mass is 9.84. The molecule has 4 heteroatoms. The third-order valence-corrected chi connectivity index (χ3v) is 4.22. The summed E-state index contributed by atoms with van der Waals surface area (Å²) >= 11 is 0. The molecule has 17 heavy (non-hydrogen) atoms. The molecule has 3 unspecified atom stereocenters. The number of amides is 1. The molecule has 2 aliphatic rings. The normalized spacial score (nSPS) is 31.5. The topological polar surface area (TPSA) is 49.4 Å². The van der Waals surface area contributed by atoms with E-state index in [0.717, 1.165) is 25.9 Å². The average Bonchev–Trinajstić information content (AvgIpc) is 2.36. The number of ketones is 1. The van der Waals surface area contributed by atoms with E-state index in [1.165, 1.54) is 0 Å². The van der Waals surface area contributed by atoms with Gasteiger partial charge >= 0.3 is 0 Å². The highest BCUT2D eigenvalue weighted by molar-refractivity contribution is 5.83. The lowest BCUT2D eigenvalue weighted by molar-refractivity contribution is -0.128. The minimum Gasteiger partial charge on any atom is -0.353 e. The molecule has 0 aliphatic carbocycles. The minimum absolute atomic E-state index is 0.0404. The minimum atomic E-state index is 0.0404. The first-order valence-electron chi connectivity index (χ1n) is 6.68. The summed E-state index contributed by atoms with van der Waals surface area (Å²) in [6.45, 7) is 5.81. The van der Waals surface area contributed by atoms with Gasteiger partial charge in [0.1, 0.15) is 5.78 Å². The molecule has 2 aliphatic heterocycles. The zero-order valence-electron chi connectivity index (χ0n) is 10.7. The summed E-state index contributed by atoms with van der Waals surface area (Å²) in [7, 11) is 0. The number of rotatable bonds is 3.